The van der Waals surface area contributed by atoms with Gasteiger partial charge in [0.05, 0.1) is 17.1 Å². The van der Waals surface area contributed by atoms with E-state index in [2.05, 4.69) is 10.3 Å². The number of aryl methyl sites for hydroxylation is 1. The van der Waals surface area contributed by atoms with Crippen LogP contribution in [0.25, 0.3) is 0 Å². The van der Waals surface area contributed by atoms with Gasteiger partial charge < -0.3 is 11.1 Å². The van der Waals surface area contributed by atoms with Crippen molar-refractivity contribution in [2.75, 3.05) is 11.9 Å². The number of nitrogens with zero attached hydrogens (tertiary/aromatic N) is 1. The minimum Gasteiger partial charge on any atom is -0.330 e. The van der Waals surface area contributed by atoms with Gasteiger partial charge in [0.2, 0.25) is 5.91 Å². The number of nitrogens with one attached hydrogen (secondary N) is 1. The maximum atomic E-state index is 12.1. The number of halogens is 1. The molecule has 1 aromatic carbocycles. The molecule has 1 heterocycles. The van der Waals surface area contributed by atoms with E-state index in [4.69, 9.17) is 17.3 Å². The van der Waals surface area contributed by atoms with Crippen molar-refractivity contribution in [3.63, 3.8) is 0 Å². The number of aromatic nitrogens is 1. The summed E-state index contributed by atoms with van der Waals surface area (Å²) >= 11 is 7.61. The third-order valence-electron chi connectivity index (χ3n) is 3.08. The van der Waals surface area contributed by atoms with Gasteiger partial charge in [-0.15, -0.1) is 11.3 Å². The maximum absolute atomic E-state index is 12.1. The largest absolute Gasteiger partial charge is 0.330 e. The van der Waals surface area contributed by atoms with Crippen LogP contribution >= 0.6 is 22.9 Å². The predicted molar refractivity (Wildman–Crippen MR) is 88.0 cm³/mol. The topological polar surface area (TPSA) is 68.0 Å². The van der Waals surface area contributed by atoms with Crippen LogP contribution in [0.5, 0.6) is 0 Å². The first-order valence-corrected chi connectivity index (χ1v) is 8.04. The standard InChI is InChI=1S/C15H18ClN3OS/c1-10-12(16)4-2-5-13(10)19-14(20)8-11-9-21-15(18-11)6-3-7-17/h2,4-5,9H,3,6-8,17H2,1H3,(H,19,20). The van der Waals surface area contributed by atoms with Crippen molar-refractivity contribution >= 4 is 34.5 Å². The Morgan fingerprint density at radius 1 is 1.48 bits per heavy atom. The Morgan fingerprint density at radius 2 is 2.29 bits per heavy atom. The molecule has 112 valence electrons. The highest BCUT2D eigenvalue weighted by Crippen LogP contribution is 2.23. The van der Waals surface area contributed by atoms with Crippen molar-refractivity contribution in [1.82, 2.24) is 4.98 Å². The SMILES string of the molecule is Cc1c(Cl)cccc1NC(=O)Cc1csc(CCCN)n1. The van der Waals surface area contributed by atoms with E-state index in [0.717, 1.165) is 34.8 Å². The lowest BCUT2D eigenvalue weighted by Crippen LogP contribution is -2.15. The van der Waals surface area contributed by atoms with Crippen LogP contribution in [0, 0.1) is 6.92 Å². The number of nitrogens with two attached hydrogens (primary N) is 1. The van der Waals surface area contributed by atoms with E-state index in [1.165, 1.54) is 0 Å². The molecule has 4 nitrogen and oxygen atoms in total. The molecule has 0 fully saturated rings. The number of carbonyl (C=O) groups excluding carboxylic acids is 1. The van der Waals surface area contributed by atoms with Gasteiger partial charge in [0.25, 0.3) is 0 Å². The van der Waals surface area contributed by atoms with E-state index in [-0.39, 0.29) is 12.3 Å². The van der Waals surface area contributed by atoms with Gasteiger partial charge in [-0.3, -0.25) is 4.79 Å². The predicted octanol–water partition coefficient (Wildman–Crippen LogP) is 3.18. The summed E-state index contributed by atoms with van der Waals surface area (Å²) < 4.78 is 0. The molecule has 0 saturated heterocycles. The summed E-state index contributed by atoms with van der Waals surface area (Å²) in [6.07, 6.45) is 2.06. The number of hydrogen-bond donors (Lipinski definition) is 2. The highest BCUT2D eigenvalue weighted by molar-refractivity contribution is 7.09. The van der Waals surface area contributed by atoms with Gasteiger partial charge in [0.1, 0.15) is 0 Å². The Labute approximate surface area is 133 Å². The highest BCUT2D eigenvalue weighted by atomic mass is 35.5. The number of thiazole rings is 1. The second kappa shape index (κ2) is 7.54. The Hall–Kier alpha value is -1.43. The van der Waals surface area contributed by atoms with Gasteiger partial charge in [0, 0.05) is 22.5 Å². The Balaban J connectivity index is 1.95. The maximum Gasteiger partial charge on any atom is 0.230 e. The normalized spacial score (nSPS) is 10.6. The lowest BCUT2D eigenvalue weighted by molar-refractivity contribution is -0.115. The molecular formula is C15H18ClN3OS. The fraction of sp³-hybridized carbons (Fsp3) is 0.333. The van der Waals surface area contributed by atoms with Gasteiger partial charge in [-0.2, -0.15) is 0 Å². The molecule has 0 bridgehead atoms. The summed E-state index contributed by atoms with van der Waals surface area (Å²) in [6.45, 7) is 2.54. The third-order valence-corrected chi connectivity index (χ3v) is 4.44. The Kier molecular flexibility index (Phi) is 5.73. The average molecular weight is 324 g/mol. The average Bonchev–Trinajstić information content (AvgIpc) is 2.89. The minimum atomic E-state index is -0.0870. The van der Waals surface area contributed by atoms with Crippen LogP contribution in [0.15, 0.2) is 23.6 Å². The molecule has 6 heteroatoms. The van der Waals surface area contributed by atoms with Crippen LogP contribution in [0.1, 0.15) is 22.7 Å². The van der Waals surface area contributed by atoms with Crippen molar-refractivity contribution < 1.29 is 4.79 Å². The van der Waals surface area contributed by atoms with E-state index in [1.807, 2.05) is 24.4 Å². The molecule has 1 aromatic heterocycles. The van der Waals surface area contributed by atoms with Crippen molar-refractivity contribution in [3.8, 4) is 0 Å². The van der Waals surface area contributed by atoms with E-state index >= 15 is 0 Å². The number of benzene rings is 1. The summed E-state index contributed by atoms with van der Waals surface area (Å²) in [6, 6.07) is 5.46. The molecule has 0 saturated carbocycles. The lowest BCUT2D eigenvalue weighted by atomic mass is 10.2. The van der Waals surface area contributed by atoms with Crippen molar-refractivity contribution in [2.24, 2.45) is 5.73 Å². The summed E-state index contributed by atoms with van der Waals surface area (Å²) in [5.41, 5.74) is 7.89. The zero-order valence-corrected chi connectivity index (χ0v) is 13.4. The molecule has 1 amide bonds. The summed E-state index contributed by atoms with van der Waals surface area (Å²) in [4.78, 5) is 16.5. The number of hydrogen-bond acceptors (Lipinski definition) is 4. The van der Waals surface area contributed by atoms with E-state index in [1.54, 1.807) is 17.4 Å². The molecule has 0 radical (unpaired) electrons. The van der Waals surface area contributed by atoms with Crippen molar-refractivity contribution in [2.45, 2.75) is 26.2 Å². The molecule has 3 N–H and O–H groups in total. The first kappa shape index (κ1) is 15.9. The molecule has 2 aromatic rings. The fourth-order valence-electron chi connectivity index (χ4n) is 1.90. The van der Waals surface area contributed by atoms with Crippen molar-refractivity contribution in [1.29, 1.82) is 0 Å². The first-order valence-electron chi connectivity index (χ1n) is 6.78. The molecule has 21 heavy (non-hydrogen) atoms. The number of carbonyl (C=O) groups is 1. The van der Waals surface area contributed by atoms with Crippen LogP contribution in [0.3, 0.4) is 0 Å². The van der Waals surface area contributed by atoms with Gasteiger partial charge >= 0.3 is 0 Å². The van der Waals surface area contributed by atoms with Gasteiger partial charge in [-0.05, 0) is 37.6 Å². The van der Waals surface area contributed by atoms with Crippen molar-refractivity contribution in [3.05, 3.63) is 44.9 Å². The van der Waals surface area contributed by atoms with E-state index in [9.17, 15) is 4.79 Å². The third kappa shape index (κ3) is 4.52. The number of rotatable bonds is 6. The molecule has 0 aliphatic rings. The molecule has 0 aliphatic heterocycles. The zero-order chi connectivity index (χ0) is 15.2. The summed E-state index contributed by atoms with van der Waals surface area (Å²) in [5.74, 6) is -0.0870. The minimum absolute atomic E-state index is 0.0870. The van der Waals surface area contributed by atoms with Crippen LogP contribution in [-0.2, 0) is 17.6 Å². The Bertz CT molecular complexity index is 627. The zero-order valence-electron chi connectivity index (χ0n) is 11.9. The number of anilines is 1. The summed E-state index contributed by atoms with van der Waals surface area (Å²) in [7, 11) is 0. The molecule has 0 atom stereocenters. The number of amides is 1. The smallest absolute Gasteiger partial charge is 0.230 e. The highest BCUT2D eigenvalue weighted by Gasteiger charge is 2.10. The van der Waals surface area contributed by atoms with E-state index in [0.29, 0.717) is 11.6 Å². The second-order valence-corrected chi connectivity index (χ2v) is 6.11. The quantitative estimate of drug-likeness (QED) is 0.858. The Morgan fingerprint density at radius 3 is 3.05 bits per heavy atom. The lowest BCUT2D eigenvalue weighted by Gasteiger charge is -2.08. The van der Waals surface area contributed by atoms with Gasteiger partial charge in [-0.25, -0.2) is 4.98 Å². The second-order valence-electron chi connectivity index (χ2n) is 4.76. The van der Waals surface area contributed by atoms with Crippen LogP contribution in [-0.4, -0.2) is 17.4 Å². The molecule has 0 spiro atoms. The molecule has 2 rings (SSSR count). The van der Waals surface area contributed by atoms with Gasteiger partial charge in [-0.1, -0.05) is 17.7 Å². The van der Waals surface area contributed by atoms with E-state index < -0.39 is 0 Å². The van der Waals surface area contributed by atoms with Gasteiger partial charge in [0.15, 0.2) is 0 Å². The van der Waals surface area contributed by atoms with Crippen LogP contribution in [0.4, 0.5) is 5.69 Å². The van der Waals surface area contributed by atoms with Crippen LogP contribution < -0.4 is 11.1 Å². The first-order chi connectivity index (χ1) is 10.1. The molecule has 0 unspecified atom stereocenters. The monoisotopic (exact) mass is 323 g/mol. The molecular weight excluding hydrogens is 306 g/mol. The van der Waals surface area contributed by atoms with Crippen LogP contribution in [0.2, 0.25) is 5.02 Å². The molecule has 0 aliphatic carbocycles. The fourth-order valence-corrected chi connectivity index (χ4v) is 2.91. The summed E-state index contributed by atoms with van der Waals surface area (Å²) in [5, 5.41) is 6.47.